The van der Waals surface area contributed by atoms with Gasteiger partial charge < -0.3 is 14.2 Å². The Morgan fingerprint density at radius 2 is 2.00 bits per heavy atom. The van der Waals surface area contributed by atoms with Crippen molar-refractivity contribution in [3.8, 4) is 11.5 Å². The molecule has 0 aliphatic rings. The molecule has 0 aromatic heterocycles. The van der Waals surface area contributed by atoms with Gasteiger partial charge in [-0.1, -0.05) is 31.2 Å². The van der Waals surface area contributed by atoms with E-state index in [1.807, 2.05) is 18.2 Å². The predicted molar refractivity (Wildman–Crippen MR) is 72.5 cm³/mol. The van der Waals surface area contributed by atoms with Crippen LogP contribution in [0.5, 0.6) is 11.5 Å². The highest BCUT2D eigenvalue weighted by Crippen LogP contribution is 2.37. The van der Waals surface area contributed by atoms with Gasteiger partial charge in [-0.2, -0.15) is 0 Å². The summed E-state index contributed by atoms with van der Waals surface area (Å²) in [5.74, 6) is 0.926. The summed E-state index contributed by atoms with van der Waals surface area (Å²) in [5, 5.41) is 2.00. The molecule has 2 rings (SSSR count). The van der Waals surface area contributed by atoms with Crippen molar-refractivity contribution in [3.63, 3.8) is 0 Å². The lowest BCUT2D eigenvalue weighted by atomic mass is 10.0. The third-order valence-electron chi connectivity index (χ3n) is 2.94. The van der Waals surface area contributed by atoms with Gasteiger partial charge in [0.15, 0.2) is 18.3 Å². The smallest absolute Gasteiger partial charge is 0.298 e. The molecule has 0 aliphatic carbocycles. The van der Waals surface area contributed by atoms with Crippen molar-refractivity contribution in [2.45, 2.75) is 13.3 Å². The maximum Gasteiger partial charge on any atom is 0.298 e. The molecule has 0 amide bonds. The summed E-state index contributed by atoms with van der Waals surface area (Å²) >= 11 is 0. The quantitative estimate of drug-likeness (QED) is 0.591. The van der Waals surface area contributed by atoms with Gasteiger partial charge in [-0.05, 0) is 23.4 Å². The van der Waals surface area contributed by atoms with Crippen LogP contribution in [0.2, 0.25) is 0 Å². The molecule has 0 unspecified atom stereocenters. The Kier molecular flexibility index (Phi) is 4.36. The first-order chi connectivity index (χ1) is 9.31. The van der Waals surface area contributed by atoms with Gasteiger partial charge in [0.1, 0.15) is 0 Å². The van der Waals surface area contributed by atoms with E-state index in [1.165, 1.54) is 5.56 Å². The van der Waals surface area contributed by atoms with Crippen LogP contribution in [-0.4, -0.2) is 20.4 Å². The Bertz CT molecular complexity index is 578. The van der Waals surface area contributed by atoms with E-state index in [2.05, 4.69) is 13.0 Å². The number of ether oxygens (including phenoxy) is 3. The van der Waals surface area contributed by atoms with Crippen molar-refractivity contribution in [3.05, 3.63) is 35.9 Å². The molecule has 2 aromatic carbocycles. The third-order valence-corrected chi connectivity index (χ3v) is 2.94. The molecule has 0 fully saturated rings. The van der Waals surface area contributed by atoms with Crippen LogP contribution in [0.25, 0.3) is 10.8 Å². The second kappa shape index (κ2) is 6.20. The average Bonchev–Trinajstić information content (AvgIpc) is 2.45. The highest BCUT2D eigenvalue weighted by atomic mass is 16.7. The third kappa shape index (κ3) is 2.69. The van der Waals surface area contributed by atoms with Crippen LogP contribution in [0, 0.1) is 0 Å². The van der Waals surface area contributed by atoms with Gasteiger partial charge in [0, 0.05) is 12.5 Å². The zero-order chi connectivity index (χ0) is 13.7. The maximum atomic E-state index is 10.6. The average molecular weight is 260 g/mol. The van der Waals surface area contributed by atoms with E-state index in [0.29, 0.717) is 18.0 Å². The van der Waals surface area contributed by atoms with Crippen molar-refractivity contribution in [1.29, 1.82) is 0 Å². The second-order valence-electron chi connectivity index (χ2n) is 4.02. The number of hydrogen-bond acceptors (Lipinski definition) is 4. The zero-order valence-corrected chi connectivity index (χ0v) is 11.0. The van der Waals surface area contributed by atoms with Crippen LogP contribution in [-0.2, 0) is 16.0 Å². The standard InChI is InChI=1S/C15H16O4/c1-3-11-5-4-6-13-12(11)7-8-14(18-9-16)15(13)19-10-17-2/h4-9H,3,10H2,1-2H3. The fraction of sp³-hybridized carbons (Fsp3) is 0.267. The molecule has 4 heteroatoms. The van der Waals surface area contributed by atoms with Crippen molar-refractivity contribution in [2.24, 2.45) is 0 Å². The lowest BCUT2D eigenvalue weighted by Gasteiger charge is -2.13. The van der Waals surface area contributed by atoms with Gasteiger partial charge in [-0.15, -0.1) is 0 Å². The lowest BCUT2D eigenvalue weighted by Crippen LogP contribution is -2.02. The fourth-order valence-corrected chi connectivity index (χ4v) is 2.09. The molecule has 19 heavy (non-hydrogen) atoms. The van der Waals surface area contributed by atoms with Crippen LogP contribution >= 0.6 is 0 Å². The summed E-state index contributed by atoms with van der Waals surface area (Å²) in [6.07, 6.45) is 0.926. The summed E-state index contributed by atoms with van der Waals surface area (Å²) in [6.45, 7) is 2.59. The van der Waals surface area contributed by atoms with E-state index >= 15 is 0 Å². The summed E-state index contributed by atoms with van der Waals surface area (Å²) in [5.41, 5.74) is 1.22. The first kappa shape index (κ1) is 13.4. The van der Waals surface area contributed by atoms with E-state index in [9.17, 15) is 4.79 Å². The Morgan fingerprint density at radius 1 is 1.16 bits per heavy atom. The van der Waals surface area contributed by atoms with E-state index < -0.39 is 0 Å². The molecule has 4 nitrogen and oxygen atoms in total. The summed E-state index contributed by atoms with van der Waals surface area (Å²) in [6, 6.07) is 9.65. The van der Waals surface area contributed by atoms with Gasteiger partial charge in [0.2, 0.25) is 0 Å². The van der Waals surface area contributed by atoms with Crippen LogP contribution < -0.4 is 9.47 Å². The number of hydrogen-bond donors (Lipinski definition) is 0. The molecular formula is C15H16O4. The normalized spacial score (nSPS) is 10.4. The number of carbonyl (C=O) groups is 1. The number of aryl methyl sites for hydroxylation is 1. The predicted octanol–water partition coefficient (Wildman–Crippen LogP) is 2.92. The number of carbonyl (C=O) groups excluding carboxylic acids is 1. The maximum absolute atomic E-state index is 10.6. The molecule has 0 saturated carbocycles. The molecule has 100 valence electrons. The molecule has 0 bridgehead atoms. The zero-order valence-electron chi connectivity index (χ0n) is 11.0. The minimum absolute atomic E-state index is 0.102. The molecule has 0 N–H and O–H groups in total. The molecule has 0 heterocycles. The number of benzene rings is 2. The fourth-order valence-electron chi connectivity index (χ4n) is 2.09. The van der Waals surface area contributed by atoms with E-state index in [-0.39, 0.29) is 6.79 Å². The Morgan fingerprint density at radius 3 is 2.68 bits per heavy atom. The SMILES string of the molecule is CCc1cccc2c(OCOC)c(OC=O)ccc12. The molecule has 0 aliphatic heterocycles. The number of rotatable bonds is 6. The summed E-state index contributed by atoms with van der Waals surface area (Å²) in [4.78, 5) is 10.6. The van der Waals surface area contributed by atoms with Gasteiger partial charge in [0.05, 0.1) is 0 Å². The lowest BCUT2D eigenvalue weighted by molar-refractivity contribution is -0.120. The number of methoxy groups -OCH3 is 1. The molecular weight excluding hydrogens is 244 g/mol. The van der Waals surface area contributed by atoms with Crippen molar-refractivity contribution >= 4 is 17.2 Å². The second-order valence-corrected chi connectivity index (χ2v) is 4.02. The van der Waals surface area contributed by atoms with Crippen LogP contribution in [0.1, 0.15) is 12.5 Å². The van der Waals surface area contributed by atoms with Crippen LogP contribution in [0.15, 0.2) is 30.3 Å². The molecule has 2 aromatic rings. The monoisotopic (exact) mass is 260 g/mol. The van der Waals surface area contributed by atoms with E-state index in [1.54, 1.807) is 13.2 Å². The minimum Gasteiger partial charge on any atom is -0.463 e. The van der Waals surface area contributed by atoms with Gasteiger partial charge >= 0.3 is 0 Å². The van der Waals surface area contributed by atoms with Crippen molar-refractivity contribution in [1.82, 2.24) is 0 Å². The van der Waals surface area contributed by atoms with Gasteiger partial charge in [-0.25, -0.2) is 0 Å². The molecule has 0 spiro atoms. The highest BCUT2D eigenvalue weighted by Gasteiger charge is 2.12. The minimum atomic E-state index is 0.102. The molecule has 0 saturated heterocycles. The highest BCUT2D eigenvalue weighted by molar-refractivity contribution is 5.93. The Balaban J connectivity index is 2.61. The van der Waals surface area contributed by atoms with E-state index in [0.717, 1.165) is 17.2 Å². The first-order valence-electron chi connectivity index (χ1n) is 6.08. The first-order valence-corrected chi connectivity index (χ1v) is 6.08. The van der Waals surface area contributed by atoms with Gasteiger partial charge in [0.25, 0.3) is 6.47 Å². The Labute approximate surface area is 111 Å². The van der Waals surface area contributed by atoms with Crippen molar-refractivity contribution in [2.75, 3.05) is 13.9 Å². The number of fused-ring (bicyclic) bond motifs is 1. The summed E-state index contributed by atoms with van der Waals surface area (Å²) in [7, 11) is 1.54. The largest absolute Gasteiger partial charge is 0.463 e. The van der Waals surface area contributed by atoms with Crippen molar-refractivity contribution < 1.29 is 19.0 Å². The Hall–Kier alpha value is -2.07. The van der Waals surface area contributed by atoms with Crippen LogP contribution in [0.3, 0.4) is 0 Å². The molecule has 0 radical (unpaired) electrons. The topological polar surface area (TPSA) is 44.8 Å². The van der Waals surface area contributed by atoms with E-state index in [4.69, 9.17) is 14.2 Å². The molecule has 0 atom stereocenters. The summed E-state index contributed by atoms with van der Waals surface area (Å²) < 4.78 is 15.4. The van der Waals surface area contributed by atoms with Gasteiger partial charge in [-0.3, -0.25) is 4.79 Å². The van der Waals surface area contributed by atoms with Crippen LogP contribution in [0.4, 0.5) is 0 Å².